The van der Waals surface area contributed by atoms with Crippen LogP contribution in [0.1, 0.15) is 29.9 Å². The second kappa shape index (κ2) is 7.64. The van der Waals surface area contributed by atoms with Crippen molar-refractivity contribution in [2.45, 2.75) is 19.4 Å². The van der Waals surface area contributed by atoms with Gasteiger partial charge in [-0.2, -0.15) is 0 Å². The molecular formula is C18H15Cl2NO6. The third-order valence-electron chi connectivity index (χ3n) is 3.94. The lowest BCUT2D eigenvalue weighted by Crippen LogP contribution is -2.30. The number of halogens is 2. The number of aliphatic hydroxyl groups is 1. The van der Waals surface area contributed by atoms with Crippen LogP contribution in [0.3, 0.4) is 0 Å². The molecule has 2 heterocycles. The molecule has 0 bridgehead atoms. The normalized spacial score (nSPS) is 15.9. The molecule has 0 saturated carbocycles. The van der Waals surface area contributed by atoms with Crippen molar-refractivity contribution >= 4 is 29.2 Å². The zero-order chi connectivity index (χ0) is 19.7. The smallest absolute Gasteiger partial charge is 0.340 e. The number of carbonyl (C=O) groups is 1. The first-order valence-corrected chi connectivity index (χ1v) is 8.70. The molecule has 0 amide bonds. The van der Waals surface area contributed by atoms with Gasteiger partial charge < -0.3 is 24.7 Å². The summed E-state index contributed by atoms with van der Waals surface area (Å²) in [5.74, 6) is -2.08. The molecule has 3 rings (SSSR count). The number of aliphatic hydroxyl groups excluding tert-OH is 1. The van der Waals surface area contributed by atoms with Gasteiger partial charge in [-0.25, -0.2) is 4.79 Å². The Balaban J connectivity index is 2.29. The van der Waals surface area contributed by atoms with Crippen molar-refractivity contribution in [3.63, 3.8) is 0 Å². The van der Waals surface area contributed by atoms with E-state index in [-0.39, 0.29) is 40.4 Å². The van der Waals surface area contributed by atoms with E-state index in [2.05, 4.69) is 0 Å². The molecule has 0 spiro atoms. The molecule has 3 N–H and O–H groups in total. The second-order valence-electron chi connectivity index (χ2n) is 5.64. The van der Waals surface area contributed by atoms with Crippen LogP contribution in [0.2, 0.25) is 10.0 Å². The third kappa shape index (κ3) is 3.53. The van der Waals surface area contributed by atoms with E-state index in [1.54, 1.807) is 19.1 Å². The van der Waals surface area contributed by atoms with Crippen molar-refractivity contribution in [3.8, 4) is 5.75 Å². The molecule has 0 aliphatic carbocycles. The fraction of sp³-hybridized carbons (Fsp3) is 0.222. The van der Waals surface area contributed by atoms with Crippen molar-refractivity contribution in [1.82, 2.24) is 0 Å². The standard InChI is InChI=1S/C18H15Cl2NO6/c1-2-25-18(24)14-13(8-3-4-10(19)11(20)5-8)16-15(27-17(14)21)12(23)6-9(7-22)26-16/h3-6,13,22H,2,7,21H2,1H3/t13-/m0/s1. The quantitative estimate of drug-likeness (QED) is 0.743. The van der Waals surface area contributed by atoms with E-state index < -0.39 is 23.9 Å². The number of rotatable bonds is 4. The number of esters is 1. The minimum Gasteiger partial charge on any atom is -0.462 e. The van der Waals surface area contributed by atoms with Crippen molar-refractivity contribution in [1.29, 1.82) is 0 Å². The van der Waals surface area contributed by atoms with Gasteiger partial charge in [-0.15, -0.1) is 0 Å². The average molecular weight is 412 g/mol. The van der Waals surface area contributed by atoms with Gasteiger partial charge in [-0.3, -0.25) is 4.79 Å². The van der Waals surface area contributed by atoms with Crippen molar-refractivity contribution in [2.24, 2.45) is 5.73 Å². The first-order valence-electron chi connectivity index (χ1n) is 7.94. The largest absolute Gasteiger partial charge is 0.462 e. The fourth-order valence-electron chi connectivity index (χ4n) is 2.79. The van der Waals surface area contributed by atoms with E-state index in [1.165, 1.54) is 6.07 Å². The molecule has 142 valence electrons. The van der Waals surface area contributed by atoms with Gasteiger partial charge in [0.05, 0.1) is 22.6 Å². The Bertz CT molecular complexity index is 998. The lowest BCUT2D eigenvalue weighted by molar-refractivity contribution is -0.139. The highest BCUT2D eigenvalue weighted by atomic mass is 35.5. The number of ether oxygens (including phenoxy) is 2. The lowest BCUT2D eigenvalue weighted by atomic mass is 9.86. The van der Waals surface area contributed by atoms with Gasteiger partial charge in [-0.1, -0.05) is 29.3 Å². The summed E-state index contributed by atoms with van der Waals surface area (Å²) in [5, 5.41) is 9.93. The highest BCUT2D eigenvalue weighted by Gasteiger charge is 2.39. The Labute approximate surface area is 163 Å². The van der Waals surface area contributed by atoms with Crippen LogP contribution in [0.15, 0.2) is 44.9 Å². The number of nitrogens with two attached hydrogens (primary N) is 1. The zero-order valence-electron chi connectivity index (χ0n) is 14.1. The Hall–Kier alpha value is -2.48. The van der Waals surface area contributed by atoms with E-state index in [0.29, 0.717) is 10.6 Å². The van der Waals surface area contributed by atoms with Crippen LogP contribution >= 0.6 is 23.2 Å². The Morgan fingerprint density at radius 1 is 1.30 bits per heavy atom. The first kappa shape index (κ1) is 19.3. The monoisotopic (exact) mass is 411 g/mol. The maximum Gasteiger partial charge on any atom is 0.340 e. The number of carbonyl (C=O) groups excluding carboxylic acids is 1. The Morgan fingerprint density at radius 2 is 2.04 bits per heavy atom. The van der Waals surface area contributed by atoms with Crippen molar-refractivity contribution < 1.29 is 23.8 Å². The van der Waals surface area contributed by atoms with E-state index >= 15 is 0 Å². The molecule has 1 aliphatic heterocycles. The van der Waals surface area contributed by atoms with E-state index in [9.17, 15) is 14.7 Å². The van der Waals surface area contributed by atoms with Crippen LogP contribution in [-0.2, 0) is 16.1 Å². The second-order valence-corrected chi connectivity index (χ2v) is 6.45. The molecule has 1 aliphatic rings. The van der Waals surface area contributed by atoms with E-state index in [0.717, 1.165) is 6.07 Å². The summed E-state index contributed by atoms with van der Waals surface area (Å²) >= 11 is 12.1. The van der Waals surface area contributed by atoms with Gasteiger partial charge in [0.1, 0.15) is 17.9 Å². The molecule has 0 fully saturated rings. The van der Waals surface area contributed by atoms with Gasteiger partial charge in [0.15, 0.2) is 5.76 Å². The molecule has 0 unspecified atom stereocenters. The summed E-state index contributed by atoms with van der Waals surface area (Å²) in [7, 11) is 0. The molecule has 7 nitrogen and oxygen atoms in total. The fourth-order valence-corrected chi connectivity index (χ4v) is 3.10. The van der Waals surface area contributed by atoms with Crippen LogP contribution in [0.5, 0.6) is 5.75 Å². The molecular weight excluding hydrogens is 397 g/mol. The SMILES string of the molecule is CCOC(=O)C1=C(N)Oc2c(oc(CO)cc2=O)[C@H]1c1ccc(Cl)c(Cl)c1. The average Bonchev–Trinajstić information content (AvgIpc) is 2.63. The Morgan fingerprint density at radius 3 is 2.67 bits per heavy atom. The van der Waals surface area contributed by atoms with Crippen molar-refractivity contribution in [3.05, 3.63) is 73.1 Å². The predicted octanol–water partition coefficient (Wildman–Crippen LogP) is 2.70. The maximum absolute atomic E-state index is 12.5. The van der Waals surface area contributed by atoms with Gasteiger partial charge in [0, 0.05) is 6.07 Å². The summed E-state index contributed by atoms with van der Waals surface area (Å²) in [5.41, 5.74) is 5.83. The molecule has 27 heavy (non-hydrogen) atoms. The lowest BCUT2D eigenvalue weighted by Gasteiger charge is -2.27. The molecule has 0 saturated heterocycles. The minimum atomic E-state index is -0.929. The molecule has 1 atom stereocenters. The molecule has 1 aromatic heterocycles. The zero-order valence-corrected chi connectivity index (χ0v) is 15.6. The third-order valence-corrected chi connectivity index (χ3v) is 4.68. The maximum atomic E-state index is 12.5. The highest BCUT2D eigenvalue weighted by molar-refractivity contribution is 6.42. The topological polar surface area (TPSA) is 112 Å². The van der Waals surface area contributed by atoms with Gasteiger partial charge >= 0.3 is 5.97 Å². The molecule has 2 aromatic rings. The highest BCUT2D eigenvalue weighted by Crippen LogP contribution is 2.42. The number of hydrogen-bond acceptors (Lipinski definition) is 7. The van der Waals surface area contributed by atoms with E-state index in [1.807, 2.05) is 0 Å². The minimum absolute atomic E-state index is 0.0103. The van der Waals surface area contributed by atoms with Crippen molar-refractivity contribution in [2.75, 3.05) is 6.61 Å². The van der Waals surface area contributed by atoms with Crippen LogP contribution in [0.25, 0.3) is 0 Å². The van der Waals surface area contributed by atoms with Gasteiger partial charge in [0.25, 0.3) is 0 Å². The van der Waals surface area contributed by atoms with Crippen LogP contribution in [0.4, 0.5) is 0 Å². The van der Waals surface area contributed by atoms with Gasteiger partial charge in [0.2, 0.25) is 17.1 Å². The molecule has 9 heteroatoms. The summed E-state index contributed by atoms with van der Waals surface area (Å²) in [6.45, 7) is 1.24. The summed E-state index contributed by atoms with van der Waals surface area (Å²) in [6.07, 6.45) is 0. The number of fused-ring (bicyclic) bond motifs is 1. The van der Waals surface area contributed by atoms with Gasteiger partial charge in [-0.05, 0) is 24.6 Å². The summed E-state index contributed by atoms with van der Waals surface area (Å²) in [6, 6.07) is 5.78. The predicted molar refractivity (Wildman–Crippen MR) is 97.7 cm³/mol. The number of benzene rings is 1. The molecule has 0 radical (unpaired) electrons. The summed E-state index contributed by atoms with van der Waals surface area (Å²) < 4.78 is 16.1. The number of hydrogen-bond donors (Lipinski definition) is 2. The van der Waals surface area contributed by atoms with E-state index in [4.69, 9.17) is 42.8 Å². The van der Waals surface area contributed by atoms with Crippen LogP contribution in [-0.4, -0.2) is 17.7 Å². The van der Waals surface area contributed by atoms with Crippen LogP contribution < -0.4 is 15.9 Å². The Kier molecular flexibility index (Phi) is 5.46. The summed E-state index contributed by atoms with van der Waals surface area (Å²) in [4.78, 5) is 24.9. The first-order chi connectivity index (χ1) is 12.9. The van der Waals surface area contributed by atoms with Crippen LogP contribution in [0, 0.1) is 0 Å². The molecule has 1 aromatic carbocycles.